The standard InChI is InChI=1S/C21H23F3N4O3/c1-3-30-16-8-4-6-14-12-17(31-18(14)16)13(2)28-20(29)27-11-10-26-19-15(21(22,23)24)7-5-9-25-19/h4-9,12-13H,3,10-11H2,1-2H3,(H,25,26)(H2,27,28,29). The van der Waals surface area contributed by atoms with E-state index in [0.29, 0.717) is 23.7 Å². The maximum atomic E-state index is 13.0. The Morgan fingerprint density at radius 1 is 1.23 bits per heavy atom. The fourth-order valence-corrected chi connectivity index (χ4v) is 2.99. The first-order valence-electron chi connectivity index (χ1n) is 9.75. The summed E-state index contributed by atoms with van der Waals surface area (Å²) in [5.74, 6) is 0.901. The molecule has 10 heteroatoms. The highest BCUT2D eigenvalue weighted by Gasteiger charge is 2.33. The van der Waals surface area contributed by atoms with Crippen LogP contribution in [0.2, 0.25) is 0 Å². The molecule has 0 saturated heterocycles. The number of urea groups is 1. The minimum Gasteiger partial charge on any atom is -0.490 e. The zero-order valence-corrected chi connectivity index (χ0v) is 17.0. The second-order valence-electron chi connectivity index (χ2n) is 6.70. The summed E-state index contributed by atoms with van der Waals surface area (Å²) in [7, 11) is 0. The van der Waals surface area contributed by atoms with Gasteiger partial charge in [-0.05, 0) is 38.1 Å². The van der Waals surface area contributed by atoms with Gasteiger partial charge in [-0.25, -0.2) is 9.78 Å². The van der Waals surface area contributed by atoms with Gasteiger partial charge in [-0.3, -0.25) is 0 Å². The molecule has 166 valence electrons. The van der Waals surface area contributed by atoms with Crippen LogP contribution in [0.1, 0.15) is 31.2 Å². The van der Waals surface area contributed by atoms with E-state index >= 15 is 0 Å². The summed E-state index contributed by atoms with van der Waals surface area (Å²) in [5.41, 5.74) is -0.252. The van der Waals surface area contributed by atoms with Crippen LogP contribution >= 0.6 is 0 Å². The first-order chi connectivity index (χ1) is 14.8. The molecule has 7 nitrogen and oxygen atoms in total. The van der Waals surface area contributed by atoms with Gasteiger partial charge in [0.1, 0.15) is 11.6 Å². The molecule has 3 aromatic rings. The normalized spacial score (nSPS) is 12.4. The van der Waals surface area contributed by atoms with Gasteiger partial charge in [0.15, 0.2) is 11.3 Å². The van der Waals surface area contributed by atoms with Crippen molar-refractivity contribution in [3.05, 3.63) is 53.9 Å². The Kier molecular flexibility index (Phi) is 6.88. The molecule has 1 unspecified atom stereocenters. The van der Waals surface area contributed by atoms with Crippen molar-refractivity contribution in [2.75, 3.05) is 25.0 Å². The first-order valence-corrected chi connectivity index (χ1v) is 9.75. The van der Waals surface area contributed by atoms with Crippen LogP contribution in [0.4, 0.5) is 23.8 Å². The highest BCUT2D eigenvalue weighted by atomic mass is 19.4. The van der Waals surface area contributed by atoms with E-state index in [1.165, 1.54) is 12.3 Å². The summed E-state index contributed by atoms with van der Waals surface area (Å²) in [4.78, 5) is 15.8. The molecule has 3 rings (SSSR count). The molecule has 0 radical (unpaired) electrons. The first kappa shape index (κ1) is 22.3. The Hall–Kier alpha value is -3.43. The third kappa shape index (κ3) is 5.59. The fourth-order valence-electron chi connectivity index (χ4n) is 2.99. The molecule has 0 spiro atoms. The van der Waals surface area contributed by atoms with Crippen molar-refractivity contribution in [3.8, 4) is 5.75 Å². The van der Waals surface area contributed by atoms with Gasteiger partial charge in [0.05, 0.1) is 18.2 Å². The molecule has 3 N–H and O–H groups in total. The van der Waals surface area contributed by atoms with Crippen LogP contribution in [0.25, 0.3) is 11.0 Å². The maximum absolute atomic E-state index is 13.0. The minimum absolute atomic E-state index is 0.0737. The number of benzene rings is 1. The summed E-state index contributed by atoms with van der Waals surface area (Å²) < 4.78 is 50.3. The number of pyridine rings is 1. The fraction of sp³-hybridized carbons (Fsp3) is 0.333. The largest absolute Gasteiger partial charge is 0.490 e. The lowest BCUT2D eigenvalue weighted by Crippen LogP contribution is -2.39. The highest BCUT2D eigenvalue weighted by molar-refractivity contribution is 5.84. The van der Waals surface area contributed by atoms with Crippen molar-refractivity contribution in [1.82, 2.24) is 15.6 Å². The second kappa shape index (κ2) is 9.59. The number of amides is 2. The number of hydrogen-bond donors (Lipinski definition) is 3. The van der Waals surface area contributed by atoms with E-state index in [4.69, 9.17) is 9.15 Å². The third-order valence-electron chi connectivity index (χ3n) is 4.42. The van der Waals surface area contributed by atoms with E-state index in [2.05, 4.69) is 20.9 Å². The monoisotopic (exact) mass is 436 g/mol. The Bertz CT molecular complexity index is 1040. The average molecular weight is 436 g/mol. The van der Waals surface area contributed by atoms with Crippen molar-refractivity contribution in [2.24, 2.45) is 0 Å². The van der Waals surface area contributed by atoms with Crippen LogP contribution in [-0.4, -0.2) is 30.7 Å². The maximum Gasteiger partial charge on any atom is 0.419 e. The second-order valence-corrected chi connectivity index (χ2v) is 6.70. The molecule has 2 aromatic heterocycles. The molecule has 0 aliphatic heterocycles. The predicted molar refractivity (Wildman–Crippen MR) is 110 cm³/mol. The van der Waals surface area contributed by atoms with Gasteiger partial charge in [0.2, 0.25) is 0 Å². The number of furan rings is 1. The summed E-state index contributed by atoms with van der Waals surface area (Å²) in [6.45, 7) is 4.32. The van der Waals surface area contributed by atoms with Crippen molar-refractivity contribution < 1.29 is 27.1 Å². The Labute approximate surface area is 177 Å². The minimum atomic E-state index is -4.51. The van der Waals surface area contributed by atoms with Gasteiger partial charge in [-0.2, -0.15) is 13.2 Å². The molecule has 0 bridgehead atoms. The number of halogens is 3. The number of ether oxygens (including phenoxy) is 1. The van der Waals surface area contributed by atoms with Gasteiger partial charge in [0, 0.05) is 24.7 Å². The molecule has 0 aliphatic rings. The topological polar surface area (TPSA) is 88.4 Å². The van der Waals surface area contributed by atoms with Gasteiger partial charge in [-0.1, -0.05) is 12.1 Å². The summed E-state index contributed by atoms with van der Waals surface area (Å²) in [6, 6.07) is 8.64. The molecule has 0 saturated carbocycles. The van der Waals surface area contributed by atoms with Crippen LogP contribution in [-0.2, 0) is 6.18 Å². The number of rotatable bonds is 8. The molecule has 31 heavy (non-hydrogen) atoms. The van der Waals surface area contributed by atoms with Gasteiger partial charge >= 0.3 is 12.2 Å². The Morgan fingerprint density at radius 2 is 2.03 bits per heavy atom. The zero-order valence-electron chi connectivity index (χ0n) is 17.0. The molecular formula is C21H23F3N4O3. The summed E-state index contributed by atoms with van der Waals surface area (Å²) >= 11 is 0. The number of anilines is 1. The zero-order chi connectivity index (χ0) is 22.4. The number of hydrogen-bond acceptors (Lipinski definition) is 5. The van der Waals surface area contributed by atoms with Crippen LogP contribution in [0.5, 0.6) is 5.75 Å². The lowest BCUT2D eigenvalue weighted by Gasteiger charge is -2.15. The van der Waals surface area contributed by atoms with E-state index in [0.717, 1.165) is 11.5 Å². The van der Waals surface area contributed by atoms with Crippen LogP contribution in [0.3, 0.4) is 0 Å². The van der Waals surface area contributed by atoms with E-state index in [1.54, 1.807) is 6.92 Å². The molecule has 0 aliphatic carbocycles. The van der Waals surface area contributed by atoms with Crippen molar-refractivity contribution in [3.63, 3.8) is 0 Å². The Morgan fingerprint density at radius 3 is 2.77 bits per heavy atom. The van der Waals surface area contributed by atoms with E-state index < -0.39 is 23.8 Å². The molecule has 2 amide bonds. The SMILES string of the molecule is CCOc1cccc2cc(C(C)NC(=O)NCCNc3ncccc3C(F)(F)F)oc12. The number of nitrogens with one attached hydrogen (secondary N) is 3. The van der Waals surface area contributed by atoms with E-state index in [-0.39, 0.29) is 18.9 Å². The van der Waals surface area contributed by atoms with Gasteiger partial charge in [0.25, 0.3) is 0 Å². The number of aromatic nitrogens is 1. The quantitative estimate of drug-likeness (QED) is 0.445. The summed E-state index contributed by atoms with van der Waals surface area (Å²) in [6.07, 6.45) is -3.24. The number of alkyl halides is 3. The molecule has 0 fully saturated rings. The summed E-state index contributed by atoms with van der Waals surface area (Å²) in [5, 5.41) is 8.77. The highest BCUT2D eigenvalue weighted by Crippen LogP contribution is 2.33. The molecule has 1 aromatic carbocycles. The van der Waals surface area contributed by atoms with Crippen molar-refractivity contribution in [2.45, 2.75) is 26.1 Å². The number of nitrogens with zero attached hydrogens (tertiary/aromatic N) is 1. The molecular weight excluding hydrogens is 413 g/mol. The average Bonchev–Trinajstić information content (AvgIpc) is 3.17. The molecule has 1 atom stereocenters. The predicted octanol–water partition coefficient (Wildman–Crippen LogP) is 4.72. The molecule has 2 heterocycles. The third-order valence-corrected chi connectivity index (χ3v) is 4.42. The number of fused-ring (bicyclic) bond motifs is 1. The van der Waals surface area contributed by atoms with Crippen molar-refractivity contribution >= 4 is 22.8 Å². The smallest absolute Gasteiger partial charge is 0.419 e. The van der Waals surface area contributed by atoms with E-state index in [1.807, 2.05) is 31.2 Å². The van der Waals surface area contributed by atoms with Gasteiger partial charge < -0.3 is 25.1 Å². The number of carbonyl (C=O) groups excluding carboxylic acids is 1. The van der Waals surface area contributed by atoms with Gasteiger partial charge in [-0.15, -0.1) is 0 Å². The van der Waals surface area contributed by atoms with Crippen LogP contribution in [0, 0.1) is 0 Å². The number of carbonyl (C=O) groups is 1. The van der Waals surface area contributed by atoms with Crippen LogP contribution in [0.15, 0.2) is 47.0 Å². The van der Waals surface area contributed by atoms with Crippen LogP contribution < -0.4 is 20.7 Å². The lowest BCUT2D eigenvalue weighted by molar-refractivity contribution is -0.137. The number of para-hydroxylation sites is 1. The lowest BCUT2D eigenvalue weighted by atomic mass is 10.2. The Balaban J connectivity index is 1.51. The van der Waals surface area contributed by atoms with Crippen molar-refractivity contribution in [1.29, 1.82) is 0 Å². The van der Waals surface area contributed by atoms with E-state index in [9.17, 15) is 18.0 Å².